The molecule has 0 saturated heterocycles. The SMILES string of the molecule is COCSCCc1cc(OC)c(C[C@@H](C)N)cc1OC.Cl. The molecule has 0 aliphatic rings. The van der Waals surface area contributed by atoms with Crippen molar-refractivity contribution in [1.82, 2.24) is 0 Å². The van der Waals surface area contributed by atoms with Gasteiger partial charge in [-0.3, -0.25) is 0 Å². The Labute approximate surface area is 138 Å². The molecule has 0 fully saturated rings. The van der Waals surface area contributed by atoms with Crippen LogP contribution in [0.3, 0.4) is 0 Å². The number of rotatable bonds is 9. The molecule has 1 aromatic rings. The van der Waals surface area contributed by atoms with Gasteiger partial charge in [0, 0.05) is 13.2 Å². The summed E-state index contributed by atoms with van der Waals surface area (Å²) in [4.78, 5) is 0. The van der Waals surface area contributed by atoms with E-state index in [1.165, 1.54) is 0 Å². The molecule has 0 heterocycles. The van der Waals surface area contributed by atoms with Gasteiger partial charge in [0.2, 0.25) is 0 Å². The second-order valence-electron chi connectivity index (χ2n) is 4.72. The van der Waals surface area contributed by atoms with Crippen LogP contribution in [0.25, 0.3) is 0 Å². The fourth-order valence-corrected chi connectivity index (χ4v) is 2.70. The standard InChI is InChI=1S/C15H25NO3S.ClH/c1-11(16)7-13-9-14(18-3)12(8-15(13)19-4)5-6-20-10-17-2;/h8-9,11H,5-7,10,16H2,1-4H3;1H/t11-;/m1./s1. The van der Waals surface area contributed by atoms with Crippen LogP contribution < -0.4 is 15.2 Å². The Morgan fingerprint density at radius 2 is 1.67 bits per heavy atom. The molecule has 0 saturated carbocycles. The highest BCUT2D eigenvalue weighted by atomic mass is 35.5. The van der Waals surface area contributed by atoms with Crippen molar-refractivity contribution in [2.45, 2.75) is 25.8 Å². The van der Waals surface area contributed by atoms with Gasteiger partial charge in [0.05, 0.1) is 20.2 Å². The van der Waals surface area contributed by atoms with E-state index in [-0.39, 0.29) is 18.4 Å². The topological polar surface area (TPSA) is 53.7 Å². The molecule has 1 atom stereocenters. The van der Waals surface area contributed by atoms with Crippen LogP contribution in [0.2, 0.25) is 0 Å². The molecule has 4 nitrogen and oxygen atoms in total. The molecule has 0 aromatic heterocycles. The molecule has 6 heteroatoms. The van der Waals surface area contributed by atoms with E-state index in [1.807, 2.05) is 13.0 Å². The van der Waals surface area contributed by atoms with Crippen LogP contribution in [-0.4, -0.2) is 39.1 Å². The summed E-state index contributed by atoms with van der Waals surface area (Å²) in [6.45, 7) is 1.99. The predicted molar refractivity (Wildman–Crippen MR) is 92.2 cm³/mol. The lowest BCUT2D eigenvalue weighted by Crippen LogP contribution is -2.18. The first-order chi connectivity index (χ1) is 9.62. The van der Waals surface area contributed by atoms with E-state index in [1.54, 1.807) is 33.1 Å². The Hall–Kier alpha value is -0.620. The van der Waals surface area contributed by atoms with Gasteiger partial charge in [-0.05, 0) is 48.8 Å². The number of methoxy groups -OCH3 is 3. The van der Waals surface area contributed by atoms with E-state index in [0.717, 1.165) is 41.2 Å². The molecule has 2 N–H and O–H groups in total. The molecule has 1 aromatic carbocycles. The Morgan fingerprint density at radius 3 is 2.19 bits per heavy atom. The summed E-state index contributed by atoms with van der Waals surface area (Å²) in [5.74, 6) is 3.48. The van der Waals surface area contributed by atoms with E-state index in [2.05, 4.69) is 6.07 Å². The van der Waals surface area contributed by atoms with Crippen LogP contribution in [-0.2, 0) is 17.6 Å². The van der Waals surface area contributed by atoms with Crippen molar-refractivity contribution in [2.75, 3.05) is 33.0 Å². The second kappa shape index (κ2) is 11.0. The van der Waals surface area contributed by atoms with Gasteiger partial charge >= 0.3 is 0 Å². The van der Waals surface area contributed by atoms with Gasteiger partial charge in [-0.25, -0.2) is 0 Å². The third kappa shape index (κ3) is 6.78. The van der Waals surface area contributed by atoms with Crippen molar-refractivity contribution in [3.05, 3.63) is 23.3 Å². The summed E-state index contributed by atoms with van der Waals surface area (Å²) in [6, 6.07) is 4.19. The minimum absolute atomic E-state index is 0. The van der Waals surface area contributed by atoms with Crippen molar-refractivity contribution in [3.63, 3.8) is 0 Å². The van der Waals surface area contributed by atoms with Gasteiger partial charge in [-0.1, -0.05) is 0 Å². The van der Waals surface area contributed by atoms with Crippen LogP contribution >= 0.6 is 24.2 Å². The van der Waals surface area contributed by atoms with Crippen LogP contribution in [0.4, 0.5) is 0 Å². The van der Waals surface area contributed by atoms with Gasteiger partial charge in [-0.2, -0.15) is 0 Å². The lowest BCUT2D eigenvalue weighted by Gasteiger charge is -2.16. The summed E-state index contributed by atoms with van der Waals surface area (Å²) in [7, 11) is 5.10. The minimum atomic E-state index is 0. The molecule has 0 unspecified atom stereocenters. The molecule has 0 aliphatic carbocycles. The monoisotopic (exact) mass is 335 g/mol. The maximum absolute atomic E-state index is 5.88. The van der Waals surface area contributed by atoms with Crippen molar-refractivity contribution < 1.29 is 14.2 Å². The highest BCUT2D eigenvalue weighted by molar-refractivity contribution is 7.99. The Balaban J connectivity index is 0.00000400. The molecular formula is C15H26ClNO3S. The van der Waals surface area contributed by atoms with E-state index >= 15 is 0 Å². The van der Waals surface area contributed by atoms with Gasteiger partial charge in [0.15, 0.2) is 0 Å². The normalized spacial score (nSPS) is 11.7. The summed E-state index contributed by atoms with van der Waals surface area (Å²) >= 11 is 1.76. The number of halogens is 1. The van der Waals surface area contributed by atoms with Crippen molar-refractivity contribution >= 4 is 24.2 Å². The Kier molecular flexibility index (Phi) is 10.7. The van der Waals surface area contributed by atoms with Crippen LogP contribution in [0, 0.1) is 0 Å². The maximum Gasteiger partial charge on any atom is 0.122 e. The van der Waals surface area contributed by atoms with Gasteiger partial charge in [-0.15, -0.1) is 24.2 Å². The smallest absolute Gasteiger partial charge is 0.122 e. The zero-order valence-electron chi connectivity index (χ0n) is 13.2. The average Bonchev–Trinajstić information content (AvgIpc) is 2.43. The molecule has 1 rings (SSSR count). The number of hydrogen-bond acceptors (Lipinski definition) is 5. The second-order valence-corrected chi connectivity index (χ2v) is 5.77. The van der Waals surface area contributed by atoms with E-state index in [4.69, 9.17) is 19.9 Å². The number of nitrogens with two attached hydrogens (primary N) is 1. The molecule has 122 valence electrons. The third-order valence-corrected chi connectivity index (χ3v) is 3.84. The van der Waals surface area contributed by atoms with Crippen LogP contribution in [0.1, 0.15) is 18.1 Å². The van der Waals surface area contributed by atoms with E-state index < -0.39 is 0 Å². The quantitative estimate of drug-likeness (QED) is 0.555. The Bertz CT molecular complexity index is 416. The molecule has 0 spiro atoms. The average molecular weight is 336 g/mol. The van der Waals surface area contributed by atoms with E-state index in [9.17, 15) is 0 Å². The fourth-order valence-electron chi connectivity index (χ4n) is 2.05. The number of aryl methyl sites for hydroxylation is 1. The summed E-state index contributed by atoms with van der Waals surface area (Å²) in [6.07, 6.45) is 1.70. The first kappa shape index (κ1) is 20.4. The van der Waals surface area contributed by atoms with Gasteiger partial charge < -0.3 is 19.9 Å². The lowest BCUT2D eigenvalue weighted by atomic mass is 10.0. The largest absolute Gasteiger partial charge is 0.496 e. The van der Waals surface area contributed by atoms with Crippen molar-refractivity contribution in [3.8, 4) is 11.5 Å². The number of thioether (sulfide) groups is 1. The van der Waals surface area contributed by atoms with Crippen LogP contribution in [0.15, 0.2) is 12.1 Å². The van der Waals surface area contributed by atoms with Crippen molar-refractivity contribution in [1.29, 1.82) is 0 Å². The number of ether oxygens (including phenoxy) is 3. The molecule has 0 aliphatic heterocycles. The van der Waals surface area contributed by atoms with Gasteiger partial charge in [0.1, 0.15) is 11.5 Å². The van der Waals surface area contributed by atoms with Gasteiger partial charge in [0.25, 0.3) is 0 Å². The third-order valence-electron chi connectivity index (χ3n) is 2.94. The summed E-state index contributed by atoms with van der Waals surface area (Å²) < 4.78 is 16.0. The van der Waals surface area contributed by atoms with Crippen molar-refractivity contribution in [2.24, 2.45) is 5.73 Å². The highest BCUT2D eigenvalue weighted by Crippen LogP contribution is 2.30. The summed E-state index contributed by atoms with van der Waals surface area (Å²) in [5, 5.41) is 0. The van der Waals surface area contributed by atoms with E-state index in [0.29, 0.717) is 5.94 Å². The van der Waals surface area contributed by atoms with Crippen LogP contribution in [0.5, 0.6) is 11.5 Å². The molecule has 21 heavy (non-hydrogen) atoms. The predicted octanol–water partition coefficient (Wildman–Crippen LogP) is 2.89. The number of hydrogen-bond donors (Lipinski definition) is 1. The maximum atomic E-state index is 5.88. The molecule has 0 bridgehead atoms. The first-order valence-electron chi connectivity index (χ1n) is 6.68. The lowest BCUT2D eigenvalue weighted by molar-refractivity contribution is 0.259. The summed E-state index contributed by atoms with van der Waals surface area (Å²) in [5.41, 5.74) is 8.12. The highest BCUT2D eigenvalue weighted by Gasteiger charge is 2.12. The zero-order valence-corrected chi connectivity index (χ0v) is 14.8. The fraction of sp³-hybridized carbons (Fsp3) is 0.600. The molecule has 0 amide bonds. The number of benzene rings is 1. The molecular weight excluding hydrogens is 310 g/mol. The molecule has 0 radical (unpaired) electrons. The first-order valence-corrected chi connectivity index (χ1v) is 7.83. The minimum Gasteiger partial charge on any atom is -0.496 e. The zero-order chi connectivity index (χ0) is 15.0. The Morgan fingerprint density at radius 1 is 1.10 bits per heavy atom.